The first-order chi connectivity index (χ1) is 16.1. The highest BCUT2D eigenvalue weighted by atomic mass is 32.2. The van der Waals surface area contributed by atoms with Crippen molar-refractivity contribution in [3.05, 3.63) is 41.6 Å². The van der Waals surface area contributed by atoms with Gasteiger partial charge in [0.25, 0.3) is 5.91 Å². The van der Waals surface area contributed by atoms with Crippen LogP contribution in [0.5, 0.6) is 0 Å². The molecule has 1 amide bonds. The van der Waals surface area contributed by atoms with Gasteiger partial charge in [-0.25, -0.2) is 19.4 Å². The summed E-state index contributed by atoms with van der Waals surface area (Å²) >= 11 is 1.59. The summed E-state index contributed by atoms with van der Waals surface area (Å²) in [6.07, 6.45) is 2.73. The molecular weight excluding hydrogens is 444 g/mol. The van der Waals surface area contributed by atoms with Crippen molar-refractivity contribution in [3.8, 4) is 0 Å². The van der Waals surface area contributed by atoms with Gasteiger partial charge in [0.15, 0.2) is 10.8 Å². The van der Waals surface area contributed by atoms with Crippen LogP contribution in [0.1, 0.15) is 34.1 Å². The second kappa shape index (κ2) is 12.2. The van der Waals surface area contributed by atoms with Crippen molar-refractivity contribution >= 4 is 40.5 Å². The summed E-state index contributed by atoms with van der Waals surface area (Å²) in [6, 6.07) is 6.54. The molecule has 0 spiro atoms. The van der Waals surface area contributed by atoms with Gasteiger partial charge in [0, 0.05) is 26.0 Å². The quantitative estimate of drug-likeness (QED) is 0.177. The number of nitrogens with one attached hydrogen (secondary N) is 2. The zero-order valence-corrected chi connectivity index (χ0v) is 19.8. The van der Waals surface area contributed by atoms with E-state index in [4.69, 9.17) is 9.47 Å². The normalized spacial score (nSPS) is 10.9. The Morgan fingerprint density at radius 3 is 2.64 bits per heavy atom. The van der Waals surface area contributed by atoms with Crippen LogP contribution in [0.25, 0.3) is 11.0 Å². The Hall–Kier alpha value is -3.18. The number of rotatable bonds is 12. The molecule has 0 aliphatic heterocycles. The fourth-order valence-electron chi connectivity index (χ4n) is 3.10. The van der Waals surface area contributed by atoms with Crippen LogP contribution in [-0.2, 0) is 16.0 Å². The molecule has 2 N–H and O–H groups in total. The predicted molar refractivity (Wildman–Crippen MR) is 127 cm³/mol. The molecule has 0 atom stereocenters. The van der Waals surface area contributed by atoms with Crippen LogP contribution in [0, 0.1) is 0 Å². The Morgan fingerprint density at radius 1 is 1.12 bits per heavy atom. The number of ether oxygens (including phenoxy) is 2. The summed E-state index contributed by atoms with van der Waals surface area (Å²) in [5.74, 6) is 0.703. The van der Waals surface area contributed by atoms with E-state index in [1.807, 2.05) is 0 Å². The Bertz CT molecular complexity index is 1100. The molecule has 33 heavy (non-hydrogen) atoms. The van der Waals surface area contributed by atoms with E-state index < -0.39 is 5.97 Å². The van der Waals surface area contributed by atoms with Crippen molar-refractivity contribution in [3.63, 3.8) is 0 Å². The van der Waals surface area contributed by atoms with Gasteiger partial charge in [-0.05, 0) is 18.6 Å². The third-order valence-corrected chi connectivity index (χ3v) is 5.75. The molecule has 0 unspecified atom stereocenters. The molecule has 3 aromatic rings. The molecule has 2 aromatic heterocycles. The molecule has 0 aliphatic rings. The van der Waals surface area contributed by atoms with E-state index in [0.717, 1.165) is 17.6 Å². The lowest BCUT2D eigenvalue weighted by Gasteiger charge is -2.10. The topological polar surface area (TPSA) is 120 Å². The minimum Gasteiger partial charge on any atom is -0.465 e. The summed E-state index contributed by atoms with van der Waals surface area (Å²) in [7, 11) is 2.93. The van der Waals surface area contributed by atoms with Gasteiger partial charge >= 0.3 is 5.97 Å². The van der Waals surface area contributed by atoms with Crippen LogP contribution >= 0.6 is 11.8 Å². The van der Waals surface area contributed by atoms with Crippen molar-refractivity contribution in [2.75, 3.05) is 45.0 Å². The minimum absolute atomic E-state index is 0.221. The highest BCUT2D eigenvalue weighted by Crippen LogP contribution is 2.24. The number of carbonyl (C=O) groups excluding carboxylic acids is 2. The van der Waals surface area contributed by atoms with Gasteiger partial charge in [-0.1, -0.05) is 30.8 Å². The second-order valence-electron chi connectivity index (χ2n) is 7.02. The molecule has 2 heterocycles. The smallest absolute Gasteiger partial charge is 0.338 e. The van der Waals surface area contributed by atoms with Crippen molar-refractivity contribution in [2.45, 2.75) is 25.0 Å². The molecule has 176 valence electrons. The molecule has 0 radical (unpaired) electrons. The van der Waals surface area contributed by atoms with Crippen LogP contribution in [-0.4, -0.2) is 71.3 Å². The molecule has 3 rings (SSSR count). The highest BCUT2D eigenvalue weighted by molar-refractivity contribution is 7.99. The molecule has 10 nitrogen and oxygen atoms in total. The van der Waals surface area contributed by atoms with Gasteiger partial charge in [-0.2, -0.15) is 5.10 Å². The maximum Gasteiger partial charge on any atom is 0.338 e. The van der Waals surface area contributed by atoms with Crippen molar-refractivity contribution in [2.24, 2.45) is 0 Å². The lowest BCUT2D eigenvalue weighted by molar-refractivity contribution is 0.0596. The molecule has 0 fully saturated rings. The number of methoxy groups -OCH3 is 2. The molecule has 11 heteroatoms. The van der Waals surface area contributed by atoms with Crippen molar-refractivity contribution < 1.29 is 19.1 Å². The van der Waals surface area contributed by atoms with Crippen molar-refractivity contribution in [1.82, 2.24) is 25.1 Å². The number of nitrogens with zero attached hydrogens (tertiary/aromatic N) is 4. The number of benzene rings is 1. The maximum atomic E-state index is 12.7. The van der Waals surface area contributed by atoms with E-state index >= 15 is 0 Å². The molecule has 0 bridgehead atoms. The van der Waals surface area contributed by atoms with Crippen LogP contribution < -0.4 is 10.6 Å². The van der Waals surface area contributed by atoms with E-state index in [9.17, 15) is 9.59 Å². The van der Waals surface area contributed by atoms with Crippen LogP contribution in [0.3, 0.4) is 0 Å². The van der Waals surface area contributed by atoms with Crippen molar-refractivity contribution in [1.29, 1.82) is 0 Å². The monoisotopic (exact) mass is 472 g/mol. The zero-order chi connectivity index (χ0) is 23.6. The standard InChI is InChI=1S/C22H28N6O4S/c1-4-13-33-22-26-18(23-10-12-31-2)17-14-25-28(19(17)27-22)11-9-24-20(29)15-7-5-6-8-16(15)21(30)32-3/h5-8,14H,4,9-13H2,1-3H3,(H,24,29)(H,23,26,27). The first kappa shape index (κ1) is 24.5. The summed E-state index contributed by atoms with van der Waals surface area (Å²) in [6.45, 7) is 3.98. The van der Waals surface area contributed by atoms with Gasteiger partial charge in [-0.3, -0.25) is 4.79 Å². The number of anilines is 1. The third kappa shape index (κ3) is 6.20. The van der Waals surface area contributed by atoms with Gasteiger partial charge in [0.05, 0.1) is 43.0 Å². The number of hydrogen-bond acceptors (Lipinski definition) is 9. The van der Waals surface area contributed by atoms with E-state index in [1.165, 1.54) is 7.11 Å². The van der Waals surface area contributed by atoms with E-state index in [2.05, 4.69) is 32.6 Å². The minimum atomic E-state index is -0.555. The second-order valence-corrected chi connectivity index (χ2v) is 8.08. The van der Waals surface area contributed by atoms with Crippen LogP contribution in [0.4, 0.5) is 5.82 Å². The first-order valence-corrected chi connectivity index (χ1v) is 11.6. The van der Waals surface area contributed by atoms with E-state index in [0.29, 0.717) is 42.9 Å². The number of esters is 1. The van der Waals surface area contributed by atoms with Crippen LogP contribution in [0.15, 0.2) is 35.6 Å². The lowest BCUT2D eigenvalue weighted by Crippen LogP contribution is -2.29. The summed E-state index contributed by atoms with van der Waals surface area (Å²) in [5, 5.41) is 12.0. The summed E-state index contributed by atoms with van der Waals surface area (Å²) in [5.41, 5.74) is 1.17. The molecule has 1 aromatic carbocycles. The van der Waals surface area contributed by atoms with E-state index in [-0.39, 0.29) is 17.0 Å². The Labute approximate surface area is 196 Å². The zero-order valence-electron chi connectivity index (χ0n) is 19.0. The maximum absolute atomic E-state index is 12.7. The van der Waals surface area contributed by atoms with Gasteiger partial charge in [0.2, 0.25) is 0 Å². The number of amides is 1. The Morgan fingerprint density at radius 2 is 1.91 bits per heavy atom. The summed E-state index contributed by atoms with van der Waals surface area (Å²) in [4.78, 5) is 33.9. The third-order valence-electron chi connectivity index (χ3n) is 4.70. The fourth-order valence-corrected chi connectivity index (χ4v) is 3.80. The van der Waals surface area contributed by atoms with Gasteiger partial charge in [-0.15, -0.1) is 0 Å². The number of carbonyl (C=O) groups is 2. The SMILES string of the molecule is CCCSc1nc(NCCOC)c2cnn(CCNC(=O)c3ccccc3C(=O)OC)c2n1. The Balaban J connectivity index is 1.74. The predicted octanol–water partition coefficient (Wildman–Crippen LogP) is 2.60. The largest absolute Gasteiger partial charge is 0.465 e. The number of fused-ring (bicyclic) bond motifs is 1. The molecular formula is C22H28N6O4S. The number of hydrogen-bond donors (Lipinski definition) is 2. The fraction of sp³-hybridized carbons (Fsp3) is 0.409. The summed E-state index contributed by atoms with van der Waals surface area (Å²) < 4.78 is 11.6. The average Bonchev–Trinajstić information content (AvgIpc) is 3.25. The van der Waals surface area contributed by atoms with E-state index in [1.54, 1.807) is 54.0 Å². The Kier molecular flexibility index (Phi) is 9.02. The number of aromatic nitrogens is 4. The molecule has 0 aliphatic carbocycles. The van der Waals surface area contributed by atoms with Crippen LogP contribution in [0.2, 0.25) is 0 Å². The highest BCUT2D eigenvalue weighted by Gasteiger charge is 2.17. The first-order valence-electron chi connectivity index (χ1n) is 10.6. The van der Waals surface area contributed by atoms with Gasteiger partial charge < -0.3 is 20.1 Å². The molecule has 0 saturated carbocycles. The molecule has 0 saturated heterocycles. The lowest BCUT2D eigenvalue weighted by atomic mass is 10.1. The number of thioether (sulfide) groups is 1. The average molecular weight is 473 g/mol. The van der Waals surface area contributed by atoms with Gasteiger partial charge in [0.1, 0.15) is 5.82 Å².